The Kier molecular flexibility index (Phi) is 3.80. The molecule has 0 atom stereocenters. The van der Waals surface area contributed by atoms with Crippen molar-refractivity contribution in [3.05, 3.63) is 65.7 Å². The third kappa shape index (κ3) is 4.03. The summed E-state index contributed by atoms with van der Waals surface area (Å²) in [6, 6.07) is 11.0. The molecule has 3 nitrogen and oxygen atoms in total. The Balaban J connectivity index is 2.17. The summed E-state index contributed by atoms with van der Waals surface area (Å²) in [6.45, 7) is 0. The molecule has 100 valence electrons. The maximum Gasteiger partial charge on any atom is 0.236 e. The first-order chi connectivity index (χ1) is 8.94. The van der Waals surface area contributed by atoms with Gasteiger partial charge in [0.25, 0.3) is 0 Å². The normalized spacial score (nSPS) is 11.3. The molecule has 0 aromatic heterocycles. The van der Waals surface area contributed by atoms with E-state index in [1.807, 2.05) is 0 Å². The van der Waals surface area contributed by atoms with E-state index in [1.54, 1.807) is 30.3 Å². The molecule has 2 rings (SSSR count). The number of sulfonamides is 1. The van der Waals surface area contributed by atoms with Crippen LogP contribution in [0.3, 0.4) is 0 Å². The molecule has 0 aliphatic rings. The van der Waals surface area contributed by atoms with Crippen LogP contribution >= 0.6 is 0 Å². The van der Waals surface area contributed by atoms with E-state index < -0.39 is 21.7 Å². The molecule has 0 radical (unpaired) electrons. The van der Waals surface area contributed by atoms with E-state index in [9.17, 15) is 17.2 Å². The van der Waals surface area contributed by atoms with Gasteiger partial charge in [0.1, 0.15) is 11.6 Å². The van der Waals surface area contributed by atoms with Crippen molar-refractivity contribution < 1.29 is 17.2 Å². The van der Waals surface area contributed by atoms with Crippen molar-refractivity contribution >= 4 is 15.7 Å². The molecule has 2 aromatic carbocycles. The minimum absolute atomic E-state index is 0.131. The van der Waals surface area contributed by atoms with Gasteiger partial charge in [0.15, 0.2) is 0 Å². The lowest BCUT2D eigenvalue weighted by molar-refractivity contribution is 0.584. The van der Waals surface area contributed by atoms with Gasteiger partial charge in [0.05, 0.1) is 11.4 Å². The van der Waals surface area contributed by atoms with Crippen LogP contribution in [-0.4, -0.2) is 8.42 Å². The van der Waals surface area contributed by atoms with Crippen LogP contribution in [0.2, 0.25) is 0 Å². The highest BCUT2D eigenvalue weighted by atomic mass is 32.2. The van der Waals surface area contributed by atoms with Crippen LogP contribution < -0.4 is 4.72 Å². The predicted octanol–water partition coefficient (Wildman–Crippen LogP) is 2.91. The molecular formula is C13H11F2NO2S. The Bertz CT molecular complexity index is 652. The van der Waals surface area contributed by atoms with Crippen molar-refractivity contribution in [1.29, 1.82) is 0 Å². The van der Waals surface area contributed by atoms with E-state index in [0.717, 1.165) is 12.1 Å². The van der Waals surface area contributed by atoms with Crippen LogP contribution in [0.4, 0.5) is 14.5 Å². The fourth-order valence-corrected chi connectivity index (χ4v) is 2.80. The van der Waals surface area contributed by atoms with Gasteiger partial charge in [0, 0.05) is 6.07 Å². The smallest absolute Gasteiger partial charge is 0.236 e. The fourth-order valence-electron chi connectivity index (χ4n) is 1.62. The summed E-state index contributed by atoms with van der Waals surface area (Å²) in [7, 11) is -3.70. The predicted molar refractivity (Wildman–Crippen MR) is 69.0 cm³/mol. The van der Waals surface area contributed by atoms with Gasteiger partial charge in [-0.05, 0) is 17.7 Å². The number of nitrogens with one attached hydrogen (secondary N) is 1. The topological polar surface area (TPSA) is 46.2 Å². The molecule has 0 bridgehead atoms. The van der Waals surface area contributed by atoms with Gasteiger partial charge in [-0.2, -0.15) is 0 Å². The van der Waals surface area contributed by atoms with Gasteiger partial charge in [-0.3, -0.25) is 4.72 Å². The van der Waals surface area contributed by atoms with Crippen molar-refractivity contribution in [3.8, 4) is 0 Å². The van der Waals surface area contributed by atoms with E-state index in [-0.39, 0.29) is 11.4 Å². The molecule has 0 aliphatic heterocycles. The van der Waals surface area contributed by atoms with Crippen LogP contribution in [-0.2, 0) is 15.8 Å². The first kappa shape index (κ1) is 13.5. The monoisotopic (exact) mass is 283 g/mol. The lowest BCUT2D eigenvalue weighted by Crippen LogP contribution is -2.15. The third-order valence-electron chi connectivity index (χ3n) is 2.34. The average molecular weight is 283 g/mol. The molecule has 0 aliphatic carbocycles. The number of halogens is 2. The number of hydrogen-bond acceptors (Lipinski definition) is 2. The van der Waals surface area contributed by atoms with Gasteiger partial charge in [-0.15, -0.1) is 0 Å². The minimum atomic E-state index is -3.70. The number of anilines is 1. The lowest BCUT2D eigenvalue weighted by atomic mass is 10.2. The fraction of sp³-hybridized carbons (Fsp3) is 0.0769. The summed E-state index contributed by atoms with van der Waals surface area (Å²) >= 11 is 0. The summed E-state index contributed by atoms with van der Waals surface area (Å²) in [5.74, 6) is -1.93. The summed E-state index contributed by atoms with van der Waals surface area (Å²) < 4.78 is 51.7. The molecular weight excluding hydrogens is 272 g/mol. The van der Waals surface area contributed by atoms with Gasteiger partial charge in [0.2, 0.25) is 10.0 Å². The summed E-state index contributed by atoms with van der Waals surface area (Å²) in [5, 5.41) is 0. The second-order valence-electron chi connectivity index (χ2n) is 4.00. The Morgan fingerprint density at radius 1 is 0.947 bits per heavy atom. The Morgan fingerprint density at radius 3 is 2.11 bits per heavy atom. The van der Waals surface area contributed by atoms with E-state index >= 15 is 0 Å². The van der Waals surface area contributed by atoms with E-state index in [2.05, 4.69) is 4.72 Å². The zero-order valence-corrected chi connectivity index (χ0v) is 10.6. The molecule has 0 unspecified atom stereocenters. The van der Waals surface area contributed by atoms with Crippen LogP contribution in [0.15, 0.2) is 48.5 Å². The molecule has 19 heavy (non-hydrogen) atoms. The molecule has 2 aromatic rings. The first-order valence-corrected chi connectivity index (χ1v) is 7.10. The van der Waals surface area contributed by atoms with Crippen molar-refractivity contribution in [1.82, 2.24) is 0 Å². The maximum atomic E-state index is 13.0. The molecule has 0 spiro atoms. The SMILES string of the molecule is O=S(=O)(Cc1ccccc1)Nc1cc(F)cc(F)c1. The highest BCUT2D eigenvalue weighted by Crippen LogP contribution is 2.16. The van der Waals surface area contributed by atoms with Gasteiger partial charge in [-0.1, -0.05) is 30.3 Å². The standard InChI is InChI=1S/C13H11F2NO2S/c14-11-6-12(15)8-13(7-11)16-19(17,18)9-10-4-2-1-3-5-10/h1-8,16H,9H2. The van der Waals surface area contributed by atoms with Gasteiger partial charge in [-0.25, -0.2) is 17.2 Å². The Hall–Kier alpha value is -1.95. The van der Waals surface area contributed by atoms with Crippen molar-refractivity contribution in [3.63, 3.8) is 0 Å². The largest absolute Gasteiger partial charge is 0.283 e. The van der Waals surface area contributed by atoms with E-state index in [4.69, 9.17) is 0 Å². The second-order valence-corrected chi connectivity index (χ2v) is 5.73. The summed E-state index contributed by atoms with van der Waals surface area (Å²) in [5.41, 5.74) is 0.459. The Labute approximate surface area is 109 Å². The third-order valence-corrected chi connectivity index (χ3v) is 3.60. The number of benzene rings is 2. The number of rotatable bonds is 4. The average Bonchev–Trinajstić information content (AvgIpc) is 2.27. The zero-order valence-electron chi connectivity index (χ0n) is 9.81. The van der Waals surface area contributed by atoms with Crippen molar-refractivity contribution in [2.24, 2.45) is 0 Å². The summed E-state index contributed by atoms with van der Waals surface area (Å²) in [4.78, 5) is 0. The molecule has 1 N–H and O–H groups in total. The zero-order chi connectivity index (χ0) is 13.9. The highest BCUT2D eigenvalue weighted by Gasteiger charge is 2.12. The Morgan fingerprint density at radius 2 is 1.53 bits per heavy atom. The molecule has 0 saturated heterocycles. The minimum Gasteiger partial charge on any atom is -0.283 e. The van der Waals surface area contributed by atoms with Gasteiger partial charge >= 0.3 is 0 Å². The van der Waals surface area contributed by atoms with Crippen LogP contribution in [0.1, 0.15) is 5.56 Å². The summed E-state index contributed by atoms with van der Waals surface area (Å²) in [6.07, 6.45) is 0. The second kappa shape index (κ2) is 5.36. The lowest BCUT2D eigenvalue weighted by Gasteiger charge is -2.08. The van der Waals surface area contributed by atoms with Crippen LogP contribution in [0.25, 0.3) is 0 Å². The van der Waals surface area contributed by atoms with Crippen LogP contribution in [0, 0.1) is 11.6 Å². The molecule has 6 heteroatoms. The molecule has 0 heterocycles. The van der Waals surface area contributed by atoms with Gasteiger partial charge < -0.3 is 0 Å². The van der Waals surface area contributed by atoms with Crippen molar-refractivity contribution in [2.45, 2.75) is 5.75 Å². The van der Waals surface area contributed by atoms with E-state index in [0.29, 0.717) is 11.6 Å². The van der Waals surface area contributed by atoms with Crippen LogP contribution in [0.5, 0.6) is 0 Å². The highest BCUT2D eigenvalue weighted by molar-refractivity contribution is 7.91. The maximum absolute atomic E-state index is 13.0. The van der Waals surface area contributed by atoms with Crippen molar-refractivity contribution in [2.75, 3.05) is 4.72 Å². The number of hydrogen-bond donors (Lipinski definition) is 1. The molecule has 0 fully saturated rings. The molecule has 0 saturated carbocycles. The first-order valence-electron chi connectivity index (χ1n) is 5.45. The molecule has 0 amide bonds. The van der Waals surface area contributed by atoms with E-state index in [1.165, 1.54) is 0 Å². The quantitative estimate of drug-likeness (QED) is 0.937.